The van der Waals surface area contributed by atoms with Gasteiger partial charge < -0.3 is 24.2 Å². The molecule has 424 valence electrons. The first-order valence-corrected chi connectivity index (χ1v) is 29.5. The standard InChI is InChI=1S/C64H97O11P/c1-4-7-10-13-16-19-22-25-27-29-30-32-33-36-38-41-44-47-50-53-62(66)71-57-61(75-64(68)55-52-49-46-43-40-37-34-31-28-26-23-20-17-14-11-8-5-2)59-73-76(69,70)72-58-60(56-65)74-63(67)54-51-48-45-42-39-35-24-21-18-15-12-9-6-3/h7-12,16-21,25-28,30,32,34-39,43-44,46-47,60-61,65H,4-6,13-15,22-24,29,31,33,40-42,45,48-59H2,1-3H3,(H,69,70)/b10-7-,11-8-,12-9-,19-16-,20-17-,21-18-,27-25-,28-26-,32-30-,37-34-,38-36-,39-35-,46-43-,47-44-. The van der Waals surface area contributed by atoms with Crippen molar-refractivity contribution in [1.29, 1.82) is 0 Å². The van der Waals surface area contributed by atoms with E-state index in [4.69, 9.17) is 23.3 Å². The van der Waals surface area contributed by atoms with Crippen LogP contribution in [0.2, 0.25) is 0 Å². The Morgan fingerprint density at radius 1 is 0.368 bits per heavy atom. The lowest BCUT2D eigenvalue weighted by molar-refractivity contribution is -0.161. The Hall–Kier alpha value is -5.16. The predicted molar refractivity (Wildman–Crippen MR) is 315 cm³/mol. The molecule has 3 unspecified atom stereocenters. The SMILES string of the molecule is CC/C=C\C/C=C\C/C=C\C/C=C\C/C=C\C/C=C\CCC(=O)OCC(COP(=O)(O)OCC(CO)OC(=O)CCCCC/C=C\C/C=C\C/C=C\CC)OC(=O)CCC/C=C\C/C=C\C/C=C\C/C=C\C/C=C\CC. The number of hydrogen-bond acceptors (Lipinski definition) is 10. The molecule has 0 saturated heterocycles. The summed E-state index contributed by atoms with van der Waals surface area (Å²) in [5.41, 5.74) is 0. The number of esters is 3. The highest BCUT2D eigenvalue weighted by molar-refractivity contribution is 7.47. The van der Waals surface area contributed by atoms with Gasteiger partial charge in [-0.15, -0.1) is 0 Å². The molecule has 0 heterocycles. The van der Waals surface area contributed by atoms with Crippen LogP contribution < -0.4 is 0 Å². The zero-order valence-electron chi connectivity index (χ0n) is 46.6. The van der Waals surface area contributed by atoms with Gasteiger partial charge in [-0.2, -0.15) is 0 Å². The molecule has 0 aliphatic rings. The van der Waals surface area contributed by atoms with Crippen molar-refractivity contribution in [2.24, 2.45) is 0 Å². The summed E-state index contributed by atoms with van der Waals surface area (Å²) in [4.78, 5) is 48.5. The van der Waals surface area contributed by atoms with Crippen LogP contribution in [0, 0.1) is 0 Å². The van der Waals surface area contributed by atoms with E-state index in [1.54, 1.807) is 0 Å². The molecule has 0 aromatic rings. The number of rotatable bonds is 49. The van der Waals surface area contributed by atoms with Gasteiger partial charge in [-0.1, -0.05) is 197 Å². The highest BCUT2D eigenvalue weighted by Gasteiger charge is 2.28. The minimum absolute atomic E-state index is 0.0603. The highest BCUT2D eigenvalue weighted by atomic mass is 31.2. The largest absolute Gasteiger partial charge is 0.472 e. The fourth-order valence-corrected chi connectivity index (χ4v) is 7.27. The maximum Gasteiger partial charge on any atom is 0.472 e. The quantitative estimate of drug-likeness (QED) is 0.0197. The minimum atomic E-state index is -4.80. The summed E-state index contributed by atoms with van der Waals surface area (Å²) < 4.78 is 39.3. The second kappa shape index (κ2) is 56.1. The smallest absolute Gasteiger partial charge is 0.462 e. The number of carbonyl (C=O) groups is 3. The van der Waals surface area contributed by atoms with Crippen molar-refractivity contribution in [3.8, 4) is 0 Å². The molecule has 12 heteroatoms. The number of unbranched alkanes of at least 4 members (excludes halogenated alkanes) is 4. The molecule has 0 saturated carbocycles. The maximum absolute atomic E-state index is 12.9. The van der Waals surface area contributed by atoms with Gasteiger partial charge in [0.25, 0.3) is 0 Å². The lowest BCUT2D eigenvalue weighted by atomic mass is 10.1. The Morgan fingerprint density at radius 2 is 0.684 bits per heavy atom. The summed E-state index contributed by atoms with van der Waals surface area (Å²) >= 11 is 0. The summed E-state index contributed by atoms with van der Waals surface area (Å²) in [6.45, 7) is 4.07. The average Bonchev–Trinajstić information content (AvgIpc) is 3.41. The first-order chi connectivity index (χ1) is 37.2. The fourth-order valence-electron chi connectivity index (χ4n) is 6.49. The fraction of sp³-hybridized carbons (Fsp3) is 0.516. The Morgan fingerprint density at radius 3 is 1.07 bits per heavy atom. The number of allylic oxidation sites excluding steroid dienone is 28. The molecule has 2 N–H and O–H groups in total. The van der Waals surface area contributed by atoms with Crippen LogP contribution in [0.5, 0.6) is 0 Å². The second-order valence-corrected chi connectivity index (χ2v) is 19.1. The predicted octanol–water partition coefficient (Wildman–Crippen LogP) is 16.7. The van der Waals surface area contributed by atoms with Crippen molar-refractivity contribution in [3.63, 3.8) is 0 Å². The highest BCUT2D eigenvalue weighted by Crippen LogP contribution is 2.43. The van der Waals surface area contributed by atoms with Gasteiger partial charge in [0.05, 0.1) is 19.8 Å². The maximum atomic E-state index is 12.9. The molecule has 0 aliphatic heterocycles. The van der Waals surface area contributed by atoms with Gasteiger partial charge in [0.1, 0.15) is 12.7 Å². The third-order valence-electron chi connectivity index (χ3n) is 10.6. The van der Waals surface area contributed by atoms with Crippen molar-refractivity contribution in [1.82, 2.24) is 0 Å². The van der Waals surface area contributed by atoms with E-state index in [1.807, 2.05) is 24.3 Å². The van der Waals surface area contributed by atoms with Crippen LogP contribution in [0.1, 0.15) is 175 Å². The summed E-state index contributed by atoms with van der Waals surface area (Å²) in [5, 5.41) is 9.80. The molecule has 11 nitrogen and oxygen atoms in total. The van der Waals surface area contributed by atoms with Crippen LogP contribution in [0.25, 0.3) is 0 Å². The van der Waals surface area contributed by atoms with Gasteiger partial charge >= 0.3 is 25.7 Å². The van der Waals surface area contributed by atoms with E-state index < -0.39 is 64.4 Å². The summed E-state index contributed by atoms with van der Waals surface area (Å²) in [6.07, 6.45) is 74.9. The van der Waals surface area contributed by atoms with Crippen LogP contribution in [0.3, 0.4) is 0 Å². The van der Waals surface area contributed by atoms with Crippen molar-refractivity contribution in [2.45, 2.75) is 187 Å². The number of carbonyl (C=O) groups excluding carboxylic acids is 3. The molecule has 0 aromatic heterocycles. The average molecular weight is 1070 g/mol. The minimum Gasteiger partial charge on any atom is -0.462 e. The second-order valence-electron chi connectivity index (χ2n) is 17.6. The Balaban J connectivity index is 4.99. The van der Waals surface area contributed by atoms with Gasteiger partial charge in [-0.05, 0) is 128 Å². The molecule has 0 radical (unpaired) electrons. The van der Waals surface area contributed by atoms with Gasteiger partial charge in [-0.3, -0.25) is 23.4 Å². The number of phosphoric ester groups is 1. The summed E-state index contributed by atoms with van der Waals surface area (Å²) in [5.74, 6) is -1.70. The summed E-state index contributed by atoms with van der Waals surface area (Å²) in [6, 6.07) is 0. The van der Waals surface area contributed by atoms with Crippen LogP contribution in [-0.4, -0.2) is 66.5 Å². The first kappa shape index (κ1) is 70.8. The Bertz CT molecular complexity index is 1920. The normalized spacial score (nSPS) is 14.6. The molecule has 0 fully saturated rings. The van der Waals surface area contributed by atoms with E-state index in [0.717, 1.165) is 109 Å². The van der Waals surface area contributed by atoms with Crippen LogP contribution in [0.15, 0.2) is 170 Å². The Kier molecular flexibility index (Phi) is 52.2. The molecular weight excluding hydrogens is 976 g/mol. The molecule has 0 aliphatic carbocycles. The van der Waals surface area contributed by atoms with Crippen molar-refractivity contribution < 1.29 is 52.2 Å². The monoisotopic (exact) mass is 1070 g/mol. The third kappa shape index (κ3) is 53.7. The van der Waals surface area contributed by atoms with Gasteiger partial charge in [0.2, 0.25) is 0 Å². The first-order valence-electron chi connectivity index (χ1n) is 28.0. The molecule has 3 atom stereocenters. The van der Waals surface area contributed by atoms with Crippen LogP contribution in [0.4, 0.5) is 0 Å². The number of ether oxygens (including phenoxy) is 3. The topological polar surface area (TPSA) is 155 Å². The molecule has 0 aromatic carbocycles. The van der Waals surface area contributed by atoms with E-state index in [-0.39, 0.29) is 19.3 Å². The van der Waals surface area contributed by atoms with E-state index in [1.165, 1.54) is 0 Å². The lowest BCUT2D eigenvalue weighted by Crippen LogP contribution is -2.30. The number of phosphoric acid groups is 1. The van der Waals surface area contributed by atoms with Crippen molar-refractivity contribution in [2.75, 3.05) is 26.4 Å². The number of aliphatic hydroxyl groups excluding tert-OH is 1. The zero-order chi connectivity index (χ0) is 55.5. The van der Waals surface area contributed by atoms with E-state index >= 15 is 0 Å². The molecular formula is C64H97O11P. The number of aliphatic hydroxyl groups is 1. The van der Waals surface area contributed by atoms with E-state index in [2.05, 4.69) is 167 Å². The zero-order valence-corrected chi connectivity index (χ0v) is 47.5. The summed E-state index contributed by atoms with van der Waals surface area (Å²) in [7, 11) is -4.80. The van der Waals surface area contributed by atoms with Crippen molar-refractivity contribution in [3.05, 3.63) is 170 Å². The van der Waals surface area contributed by atoms with Gasteiger partial charge in [-0.25, -0.2) is 4.57 Å². The number of hydrogen-bond donors (Lipinski definition) is 2. The van der Waals surface area contributed by atoms with Crippen LogP contribution in [-0.2, 0) is 42.2 Å². The van der Waals surface area contributed by atoms with Gasteiger partial charge in [0.15, 0.2) is 6.10 Å². The Labute approximate surface area is 459 Å². The molecule has 76 heavy (non-hydrogen) atoms. The van der Waals surface area contributed by atoms with Crippen molar-refractivity contribution >= 4 is 25.7 Å². The van der Waals surface area contributed by atoms with Crippen LogP contribution >= 0.6 is 7.82 Å². The molecule has 0 bridgehead atoms. The molecule has 0 spiro atoms. The van der Waals surface area contributed by atoms with E-state index in [0.29, 0.717) is 25.7 Å². The van der Waals surface area contributed by atoms with E-state index in [9.17, 15) is 28.9 Å². The third-order valence-corrected chi connectivity index (χ3v) is 11.6. The molecule has 0 rings (SSSR count). The lowest BCUT2D eigenvalue weighted by Gasteiger charge is -2.21. The van der Waals surface area contributed by atoms with Gasteiger partial charge in [0, 0.05) is 19.3 Å². The molecule has 0 amide bonds.